The largest absolute Gasteiger partial charge is 0.311 e. The maximum atomic E-state index is 4.42. The smallest absolute Gasteiger partial charge is 0.0892 e. The van der Waals surface area contributed by atoms with Gasteiger partial charge in [0, 0.05) is 29.5 Å². The summed E-state index contributed by atoms with van der Waals surface area (Å²) in [5.41, 5.74) is 7.49. The highest BCUT2D eigenvalue weighted by molar-refractivity contribution is 5.82. The molecular weight excluding hydrogens is 354 g/mol. The maximum Gasteiger partial charge on any atom is 0.0892 e. The molecule has 0 aliphatic heterocycles. The van der Waals surface area contributed by atoms with Crippen molar-refractivity contribution in [3.8, 4) is 11.1 Å². The SMILES string of the molecule is c1ccc(N(c2ccccc2)c2ccc(-c3ccc4nccnc4c3)cc2)cc1. The molecule has 3 heteroatoms. The topological polar surface area (TPSA) is 29.0 Å². The standard InChI is InChI=1S/C26H19N3/c1-3-7-22(8-4-1)29(23-9-5-2-6-10-23)24-14-11-20(12-15-24)21-13-16-25-26(19-21)28-18-17-27-25/h1-19H. The van der Waals surface area contributed by atoms with Gasteiger partial charge in [0.15, 0.2) is 0 Å². The third kappa shape index (κ3) is 3.46. The summed E-state index contributed by atoms with van der Waals surface area (Å²) >= 11 is 0. The number of hydrogen-bond donors (Lipinski definition) is 0. The minimum absolute atomic E-state index is 0.907. The maximum absolute atomic E-state index is 4.42. The van der Waals surface area contributed by atoms with Gasteiger partial charge in [-0.2, -0.15) is 0 Å². The average molecular weight is 373 g/mol. The average Bonchev–Trinajstić information content (AvgIpc) is 2.81. The monoisotopic (exact) mass is 373 g/mol. The molecule has 0 bridgehead atoms. The Hall–Kier alpha value is -3.98. The Bertz CT molecular complexity index is 1190. The third-order valence-electron chi connectivity index (χ3n) is 4.96. The van der Waals surface area contributed by atoms with E-state index in [1.165, 1.54) is 0 Å². The Morgan fingerprint density at radius 2 is 0.966 bits per heavy atom. The van der Waals surface area contributed by atoms with Gasteiger partial charge < -0.3 is 4.90 Å². The predicted octanol–water partition coefficient (Wildman–Crippen LogP) is 6.77. The van der Waals surface area contributed by atoms with Crippen LogP contribution in [0.5, 0.6) is 0 Å². The summed E-state index contributed by atoms with van der Waals surface area (Å²) in [6.45, 7) is 0. The van der Waals surface area contributed by atoms with Crippen LogP contribution < -0.4 is 4.90 Å². The van der Waals surface area contributed by atoms with Crippen molar-refractivity contribution >= 4 is 28.1 Å². The van der Waals surface area contributed by atoms with E-state index < -0.39 is 0 Å². The zero-order chi connectivity index (χ0) is 19.5. The molecule has 138 valence electrons. The molecule has 0 radical (unpaired) electrons. The van der Waals surface area contributed by atoms with Crippen molar-refractivity contribution in [3.05, 3.63) is 116 Å². The van der Waals surface area contributed by atoms with Crippen molar-refractivity contribution in [1.82, 2.24) is 9.97 Å². The zero-order valence-corrected chi connectivity index (χ0v) is 15.8. The second-order valence-corrected chi connectivity index (χ2v) is 6.81. The number of fused-ring (bicyclic) bond motifs is 1. The van der Waals surface area contributed by atoms with Crippen LogP contribution in [0.3, 0.4) is 0 Å². The molecular formula is C26H19N3. The summed E-state index contributed by atoms with van der Waals surface area (Å²) in [7, 11) is 0. The molecule has 0 fully saturated rings. The second kappa shape index (κ2) is 7.56. The fourth-order valence-electron chi connectivity index (χ4n) is 3.55. The van der Waals surface area contributed by atoms with Gasteiger partial charge in [-0.3, -0.25) is 9.97 Å². The van der Waals surface area contributed by atoms with E-state index in [-0.39, 0.29) is 0 Å². The second-order valence-electron chi connectivity index (χ2n) is 6.81. The van der Waals surface area contributed by atoms with Crippen LogP contribution in [0.15, 0.2) is 116 Å². The van der Waals surface area contributed by atoms with Crippen LogP contribution in [0.4, 0.5) is 17.1 Å². The van der Waals surface area contributed by atoms with Gasteiger partial charge in [0.2, 0.25) is 0 Å². The Balaban J connectivity index is 1.54. The minimum atomic E-state index is 0.907. The molecule has 0 unspecified atom stereocenters. The lowest BCUT2D eigenvalue weighted by Gasteiger charge is -2.25. The first-order valence-electron chi connectivity index (χ1n) is 9.60. The number of para-hydroxylation sites is 2. The first-order chi connectivity index (χ1) is 14.4. The molecule has 29 heavy (non-hydrogen) atoms. The van der Waals surface area contributed by atoms with E-state index in [0.717, 1.165) is 39.2 Å². The van der Waals surface area contributed by atoms with Gasteiger partial charge in [0.05, 0.1) is 11.0 Å². The van der Waals surface area contributed by atoms with Gasteiger partial charge in [0.25, 0.3) is 0 Å². The van der Waals surface area contributed by atoms with Gasteiger partial charge in [-0.15, -0.1) is 0 Å². The highest BCUT2D eigenvalue weighted by Crippen LogP contribution is 2.35. The molecule has 0 saturated heterocycles. The molecule has 3 nitrogen and oxygen atoms in total. The molecule has 0 spiro atoms. The van der Waals surface area contributed by atoms with Crippen LogP contribution in [0.25, 0.3) is 22.2 Å². The van der Waals surface area contributed by atoms with Crippen molar-refractivity contribution in [3.63, 3.8) is 0 Å². The van der Waals surface area contributed by atoms with Crippen molar-refractivity contribution in [2.75, 3.05) is 4.90 Å². The minimum Gasteiger partial charge on any atom is -0.311 e. The summed E-state index contributed by atoms with van der Waals surface area (Å²) < 4.78 is 0. The molecule has 0 aliphatic rings. The number of hydrogen-bond acceptors (Lipinski definition) is 3. The molecule has 5 aromatic rings. The highest BCUT2D eigenvalue weighted by atomic mass is 15.1. The Kier molecular flexibility index (Phi) is 4.47. The van der Waals surface area contributed by atoms with Crippen molar-refractivity contribution in [1.29, 1.82) is 0 Å². The van der Waals surface area contributed by atoms with Gasteiger partial charge >= 0.3 is 0 Å². The predicted molar refractivity (Wildman–Crippen MR) is 120 cm³/mol. The molecule has 1 aromatic heterocycles. The number of nitrogens with zero attached hydrogens (tertiary/aromatic N) is 3. The molecule has 0 atom stereocenters. The third-order valence-corrected chi connectivity index (χ3v) is 4.96. The Morgan fingerprint density at radius 1 is 0.448 bits per heavy atom. The molecule has 1 heterocycles. The van der Waals surface area contributed by atoms with E-state index in [0.29, 0.717) is 0 Å². The van der Waals surface area contributed by atoms with Gasteiger partial charge in [-0.1, -0.05) is 54.6 Å². The Morgan fingerprint density at radius 3 is 1.59 bits per heavy atom. The first-order valence-corrected chi connectivity index (χ1v) is 9.60. The van der Waals surface area contributed by atoms with E-state index in [1.54, 1.807) is 12.4 Å². The Labute approximate surface area is 169 Å². The summed E-state index contributed by atoms with van der Waals surface area (Å²) in [4.78, 5) is 11.0. The van der Waals surface area contributed by atoms with Gasteiger partial charge in [-0.25, -0.2) is 0 Å². The molecule has 4 aromatic carbocycles. The molecule has 0 aliphatic carbocycles. The van der Waals surface area contributed by atoms with Crippen LogP contribution >= 0.6 is 0 Å². The fourth-order valence-corrected chi connectivity index (χ4v) is 3.55. The highest BCUT2D eigenvalue weighted by Gasteiger charge is 2.12. The van der Waals surface area contributed by atoms with Crippen LogP contribution in [0.2, 0.25) is 0 Å². The van der Waals surface area contributed by atoms with Crippen molar-refractivity contribution < 1.29 is 0 Å². The van der Waals surface area contributed by atoms with Crippen LogP contribution in [0, 0.1) is 0 Å². The summed E-state index contributed by atoms with van der Waals surface area (Å²) in [5.74, 6) is 0. The quantitative estimate of drug-likeness (QED) is 0.348. The summed E-state index contributed by atoms with van der Waals surface area (Å²) in [5, 5.41) is 0. The van der Waals surface area contributed by atoms with E-state index in [1.807, 2.05) is 18.2 Å². The van der Waals surface area contributed by atoms with E-state index >= 15 is 0 Å². The van der Waals surface area contributed by atoms with Crippen LogP contribution in [-0.4, -0.2) is 9.97 Å². The number of aromatic nitrogens is 2. The van der Waals surface area contributed by atoms with Gasteiger partial charge in [-0.05, 0) is 59.7 Å². The van der Waals surface area contributed by atoms with Crippen LogP contribution in [0.1, 0.15) is 0 Å². The van der Waals surface area contributed by atoms with E-state index in [4.69, 9.17) is 0 Å². The molecule has 5 rings (SSSR count). The van der Waals surface area contributed by atoms with Crippen molar-refractivity contribution in [2.24, 2.45) is 0 Å². The molecule has 0 N–H and O–H groups in total. The first kappa shape index (κ1) is 17.1. The lowest BCUT2D eigenvalue weighted by molar-refractivity contribution is 1.28. The number of anilines is 3. The van der Waals surface area contributed by atoms with Gasteiger partial charge in [0.1, 0.15) is 0 Å². The van der Waals surface area contributed by atoms with Crippen molar-refractivity contribution in [2.45, 2.75) is 0 Å². The molecule has 0 amide bonds. The zero-order valence-electron chi connectivity index (χ0n) is 15.8. The lowest BCUT2D eigenvalue weighted by Crippen LogP contribution is -2.09. The normalized spacial score (nSPS) is 10.8. The summed E-state index contributed by atoms with van der Waals surface area (Å²) in [6, 6.07) is 35.7. The summed E-state index contributed by atoms with van der Waals surface area (Å²) in [6.07, 6.45) is 3.45. The van der Waals surface area contributed by atoms with Crippen LogP contribution in [-0.2, 0) is 0 Å². The fraction of sp³-hybridized carbons (Fsp3) is 0. The van der Waals surface area contributed by atoms with E-state index in [2.05, 4.69) is 99.8 Å². The lowest BCUT2D eigenvalue weighted by atomic mass is 10.0. The molecule has 0 saturated carbocycles. The van der Waals surface area contributed by atoms with E-state index in [9.17, 15) is 0 Å². The number of benzene rings is 4. The number of rotatable bonds is 4.